The third kappa shape index (κ3) is 2.87. The largest absolute Gasteiger partial charge is 0.467 e. The molecule has 0 spiro atoms. The molecule has 1 atom stereocenters. The van der Waals surface area contributed by atoms with Crippen molar-refractivity contribution in [3.8, 4) is 0 Å². The number of nitrogens with one attached hydrogen (secondary N) is 1. The fourth-order valence-electron chi connectivity index (χ4n) is 3.46. The molecule has 3 aromatic rings. The minimum atomic E-state index is 0.137. The summed E-state index contributed by atoms with van der Waals surface area (Å²) in [4.78, 5) is 7.02. The van der Waals surface area contributed by atoms with Gasteiger partial charge in [-0.2, -0.15) is 0 Å². The molecule has 3 heterocycles. The van der Waals surface area contributed by atoms with Gasteiger partial charge in [0.1, 0.15) is 5.76 Å². The van der Waals surface area contributed by atoms with Crippen LogP contribution in [0.4, 0.5) is 0 Å². The Morgan fingerprint density at radius 2 is 2.00 bits per heavy atom. The van der Waals surface area contributed by atoms with Gasteiger partial charge in [-0.1, -0.05) is 18.2 Å². The van der Waals surface area contributed by atoms with Crippen LogP contribution >= 0.6 is 0 Å². The zero-order chi connectivity index (χ0) is 15.5. The van der Waals surface area contributed by atoms with Gasteiger partial charge in [0, 0.05) is 31.2 Å². The van der Waals surface area contributed by atoms with E-state index in [0.717, 1.165) is 43.9 Å². The fraction of sp³-hybridized carbons (Fsp3) is 0.316. The summed E-state index contributed by atoms with van der Waals surface area (Å²) >= 11 is 0. The quantitative estimate of drug-likeness (QED) is 0.807. The molecule has 1 N–H and O–H groups in total. The molecule has 0 bridgehead atoms. The van der Waals surface area contributed by atoms with E-state index in [1.165, 1.54) is 10.9 Å². The number of pyridine rings is 1. The third-order valence-electron chi connectivity index (χ3n) is 4.53. The number of para-hydroxylation sites is 1. The van der Waals surface area contributed by atoms with Crippen LogP contribution < -0.4 is 5.32 Å². The average molecular weight is 307 g/mol. The molecule has 0 amide bonds. The van der Waals surface area contributed by atoms with Crippen LogP contribution in [0.2, 0.25) is 0 Å². The smallest absolute Gasteiger partial charge is 0.125 e. The minimum Gasteiger partial charge on any atom is -0.467 e. The van der Waals surface area contributed by atoms with Gasteiger partial charge in [0.05, 0.1) is 17.8 Å². The summed E-state index contributed by atoms with van der Waals surface area (Å²) in [5, 5.41) is 4.68. The summed E-state index contributed by atoms with van der Waals surface area (Å²) in [5.41, 5.74) is 2.31. The van der Waals surface area contributed by atoms with E-state index < -0.39 is 0 Å². The number of hydrogen-bond acceptors (Lipinski definition) is 4. The molecule has 2 aromatic heterocycles. The van der Waals surface area contributed by atoms with Gasteiger partial charge in [-0.05, 0) is 42.8 Å². The van der Waals surface area contributed by atoms with E-state index in [9.17, 15) is 0 Å². The highest BCUT2D eigenvalue weighted by Gasteiger charge is 2.26. The van der Waals surface area contributed by atoms with Crippen LogP contribution in [0.15, 0.2) is 59.3 Å². The highest BCUT2D eigenvalue weighted by atomic mass is 16.3. The van der Waals surface area contributed by atoms with E-state index in [-0.39, 0.29) is 6.04 Å². The van der Waals surface area contributed by atoms with E-state index in [1.807, 2.05) is 18.3 Å². The number of aromatic nitrogens is 1. The topological polar surface area (TPSA) is 41.3 Å². The Kier molecular flexibility index (Phi) is 4.09. The predicted molar refractivity (Wildman–Crippen MR) is 91.4 cm³/mol. The summed E-state index contributed by atoms with van der Waals surface area (Å²) in [7, 11) is 0. The summed E-state index contributed by atoms with van der Waals surface area (Å²) in [6.45, 7) is 4.18. The molecule has 4 nitrogen and oxygen atoms in total. The van der Waals surface area contributed by atoms with Crippen molar-refractivity contribution in [3.63, 3.8) is 0 Å². The molecule has 1 unspecified atom stereocenters. The lowest BCUT2D eigenvalue weighted by Crippen LogP contribution is -2.33. The molecule has 1 aliphatic heterocycles. The lowest BCUT2D eigenvalue weighted by molar-refractivity contribution is 0.217. The second kappa shape index (κ2) is 6.52. The van der Waals surface area contributed by atoms with E-state index in [0.29, 0.717) is 0 Å². The number of fused-ring (bicyclic) bond motifs is 1. The molecule has 0 saturated carbocycles. The third-order valence-corrected chi connectivity index (χ3v) is 4.53. The van der Waals surface area contributed by atoms with E-state index in [1.54, 1.807) is 6.26 Å². The maximum atomic E-state index is 5.81. The van der Waals surface area contributed by atoms with E-state index in [2.05, 4.69) is 45.5 Å². The van der Waals surface area contributed by atoms with Gasteiger partial charge in [0.15, 0.2) is 0 Å². The van der Waals surface area contributed by atoms with Crippen molar-refractivity contribution < 1.29 is 4.42 Å². The fourth-order valence-corrected chi connectivity index (χ4v) is 3.46. The van der Waals surface area contributed by atoms with Crippen molar-refractivity contribution in [1.82, 2.24) is 15.2 Å². The molecule has 4 rings (SSSR count). The zero-order valence-electron chi connectivity index (χ0n) is 13.1. The Morgan fingerprint density at radius 1 is 1.04 bits per heavy atom. The van der Waals surface area contributed by atoms with Gasteiger partial charge in [0.25, 0.3) is 0 Å². The predicted octanol–water partition coefficient (Wildman–Crippen LogP) is 3.21. The molecule has 1 saturated heterocycles. The molecule has 118 valence electrons. The van der Waals surface area contributed by atoms with Gasteiger partial charge < -0.3 is 9.73 Å². The molecular formula is C19H21N3O. The molecule has 1 fully saturated rings. The lowest BCUT2D eigenvalue weighted by atomic mass is 9.98. The van der Waals surface area contributed by atoms with Crippen LogP contribution in [-0.2, 0) is 0 Å². The molecule has 1 aliphatic rings. The van der Waals surface area contributed by atoms with Crippen molar-refractivity contribution in [2.75, 3.05) is 26.2 Å². The monoisotopic (exact) mass is 307 g/mol. The first-order valence-electron chi connectivity index (χ1n) is 8.25. The first kappa shape index (κ1) is 14.4. The molecular weight excluding hydrogens is 286 g/mol. The number of nitrogens with zero attached hydrogens (tertiary/aromatic N) is 2. The Morgan fingerprint density at radius 3 is 2.91 bits per heavy atom. The lowest BCUT2D eigenvalue weighted by Gasteiger charge is -2.30. The van der Waals surface area contributed by atoms with Gasteiger partial charge in [-0.3, -0.25) is 9.88 Å². The first-order valence-corrected chi connectivity index (χ1v) is 8.25. The zero-order valence-corrected chi connectivity index (χ0v) is 13.1. The van der Waals surface area contributed by atoms with Crippen LogP contribution in [0.5, 0.6) is 0 Å². The van der Waals surface area contributed by atoms with Crippen LogP contribution in [0.1, 0.15) is 23.8 Å². The van der Waals surface area contributed by atoms with E-state index in [4.69, 9.17) is 4.42 Å². The highest BCUT2D eigenvalue weighted by Crippen LogP contribution is 2.33. The summed E-state index contributed by atoms with van der Waals surface area (Å²) < 4.78 is 5.81. The Hall–Kier alpha value is -2.17. The Balaban J connectivity index is 1.83. The summed E-state index contributed by atoms with van der Waals surface area (Å²) in [5.74, 6) is 1.00. The normalized spacial score (nSPS) is 17.9. The molecule has 0 radical (unpaired) electrons. The summed E-state index contributed by atoms with van der Waals surface area (Å²) in [6.07, 6.45) is 4.83. The molecule has 4 heteroatoms. The van der Waals surface area contributed by atoms with Gasteiger partial charge in [0.2, 0.25) is 0 Å². The summed E-state index contributed by atoms with van der Waals surface area (Å²) in [6, 6.07) is 14.7. The van der Waals surface area contributed by atoms with Crippen molar-refractivity contribution in [2.45, 2.75) is 12.5 Å². The highest BCUT2D eigenvalue weighted by molar-refractivity contribution is 5.82. The van der Waals surface area contributed by atoms with Crippen molar-refractivity contribution >= 4 is 10.9 Å². The van der Waals surface area contributed by atoms with Crippen LogP contribution in [-0.4, -0.2) is 36.1 Å². The van der Waals surface area contributed by atoms with Gasteiger partial charge in [-0.15, -0.1) is 0 Å². The van der Waals surface area contributed by atoms with Gasteiger partial charge in [-0.25, -0.2) is 0 Å². The first-order chi connectivity index (χ1) is 11.4. The second-order valence-electron chi connectivity index (χ2n) is 5.97. The Bertz CT molecular complexity index is 756. The van der Waals surface area contributed by atoms with Crippen LogP contribution in [0, 0.1) is 0 Å². The average Bonchev–Trinajstić information content (AvgIpc) is 2.98. The molecule has 1 aromatic carbocycles. The van der Waals surface area contributed by atoms with Crippen molar-refractivity contribution in [3.05, 3.63) is 66.2 Å². The van der Waals surface area contributed by atoms with Crippen LogP contribution in [0.25, 0.3) is 10.9 Å². The number of hydrogen-bond donors (Lipinski definition) is 1. The maximum Gasteiger partial charge on any atom is 0.125 e. The van der Waals surface area contributed by atoms with Crippen molar-refractivity contribution in [1.29, 1.82) is 0 Å². The van der Waals surface area contributed by atoms with E-state index >= 15 is 0 Å². The number of furan rings is 1. The number of rotatable bonds is 3. The van der Waals surface area contributed by atoms with Crippen LogP contribution in [0.3, 0.4) is 0 Å². The van der Waals surface area contributed by atoms with Gasteiger partial charge >= 0.3 is 0 Å². The molecule has 0 aliphatic carbocycles. The SMILES string of the molecule is c1coc(C(c2ccnc3ccccc23)N2CCCNCC2)c1. The standard InChI is InChI=1S/C19H21N3O/c1-2-6-17-15(5-1)16(8-10-21-17)19(18-7-3-14-23-18)22-12-4-9-20-11-13-22/h1-3,5-8,10,14,19-20H,4,9,11-13H2. The Labute approximate surface area is 136 Å². The second-order valence-corrected chi connectivity index (χ2v) is 5.97. The maximum absolute atomic E-state index is 5.81. The minimum absolute atomic E-state index is 0.137. The molecule has 23 heavy (non-hydrogen) atoms. The van der Waals surface area contributed by atoms with Crippen molar-refractivity contribution in [2.24, 2.45) is 0 Å². The number of benzene rings is 1.